The molecule has 2 nitrogen and oxygen atoms in total. The molecular weight excluding hydrogens is 254 g/mol. The minimum Gasteiger partial charge on any atom is -0.399 e. The zero-order valence-corrected chi connectivity index (χ0v) is 12.1. The first-order valence-electron chi connectivity index (χ1n) is 6.26. The Balaban J connectivity index is 2.12. The monoisotopic (exact) mass is 273 g/mol. The van der Waals surface area contributed by atoms with Gasteiger partial charge in [-0.3, -0.25) is 0 Å². The first kappa shape index (κ1) is 14.0. The average Bonchev–Trinajstić information content (AvgIpc) is 2.41. The van der Waals surface area contributed by atoms with E-state index in [0.29, 0.717) is 5.75 Å². The van der Waals surface area contributed by atoms with E-state index in [1.807, 2.05) is 55.5 Å². The Morgan fingerprint density at radius 3 is 2.53 bits per heavy atom. The van der Waals surface area contributed by atoms with Crippen molar-refractivity contribution in [3.05, 3.63) is 59.7 Å². The van der Waals surface area contributed by atoms with Crippen molar-refractivity contribution in [3.8, 4) is 0 Å². The lowest BCUT2D eigenvalue weighted by atomic mass is 9.99. The molecule has 0 saturated heterocycles. The first-order valence-corrected chi connectivity index (χ1v) is 7.24. The van der Waals surface area contributed by atoms with E-state index in [4.69, 9.17) is 5.73 Å². The summed E-state index contributed by atoms with van der Waals surface area (Å²) in [4.78, 5) is 1.12. The summed E-state index contributed by atoms with van der Waals surface area (Å²) in [7, 11) is 0. The van der Waals surface area contributed by atoms with E-state index in [-0.39, 0.29) is 0 Å². The van der Waals surface area contributed by atoms with Gasteiger partial charge < -0.3 is 10.8 Å². The molecule has 0 spiro atoms. The number of anilines is 1. The fraction of sp³-hybridized carbons (Fsp3) is 0.250. The molecule has 19 heavy (non-hydrogen) atoms. The van der Waals surface area contributed by atoms with E-state index in [2.05, 4.69) is 6.92 Å². The number of benzene rings is 2. The van der Waals surface area contributed by atoms with Crippen LogP contribution in [-0.2, 0) is 5.60 Å². The minimum absolute atomic E-state index is 0.599. The van der Waals surface area contributed by atoms with E-state index >= 15 is 0 Å². The summed E-state index contributed by atoms with van der Waals surface area (Å²) >= 11 is 1.63. The molecule has 0 aliphatic carbocycles. The second-order valence-electron chi connectivity index (χ2n) is 4.95. The Morgan fingerprint density at radius 1 is 1.16 bits per heavy atom. The van der Waals surface area contributed by atoms with E-state index in [1.165, 1.54) is 5.56 Å². The largest absolute Gasteiger partial charge is 0.399 e. The third kappa shape index (κ3) is 3.52. The van der Waals surface area contributed by atoms with Crippen LogP contribution in [0.15, 0.2) is 53.4 Å². The highest BCUT2D eigenvalue weighted by atomic mass is 32.2. The van der Waals surface area contributed by atoms with Crippen LogP contribution in [-0.4, -0.2) is 10.9 Å². The molecular formula is C16H19NOS. The van der Waals surface area contributed by atoms with Gasteiger partial charge in [0, 0.05) is 16.3 Å². The van der Waals surface area contributed by atoms with E-state index < -0.39 is 5.60 Å². The van der Waals surface area contributed by atoms with Gasteiger partial charge in [0.25, 0.3) is 0 Å². The van der Waals surface area contributed by atoms with Crippen LogP contribution in [0.1, 0.15) is 18.1 Å². The zero-order chi connectivity index (χ0) is 13.9. The number of hydrogen-bond acceptors (Lipinski definition) is 3. The summed E-state index contributed by atoms with van der Waals surface area (Å²) < 4.78 is 0. The van der Waals surface area contributed by atoms with Gasteiger partial charge in [0.15, 0.2) is 0 Å². The van der Waals surface area contributed by atoms with Gasteiger partial charge in [-0.15, -0.1) is 11.8 Å². The number of hydrogen-bond donors (Lipinski definition) is 2. The van der Waals surface area contributed by atoms with Crippen LogP contribution in [0, 0.1) is 6.92 Å². The molecule has 3 N–H and O–H groups in total. The number of aryl methyl sites for hydroxylation is 1. The number of thioether (sulfide) groups is 1. The molecule has 2 rings (SSSR count). The normalized spacial score (nSPS) is 14.1. The number of nitrogen functional groups attached to an aromatic ring is 1. The Hall–Kier alpha value is -1.45. The van der Waals surface area contributed by atoms with Gasteiger partial charge in [-0.2, -0.15) is 0 Å². The van der Waals surface area contributed by atoms with E-state index in [0.717, 1.165) is 16.1 Å². The SMILES string of the molecule is Cc1ccc(N)cc1SCC(C)(O)c1ccccc1. The van der Waals surface area contributed by atoms with Crippen molar-refractivity contribution in [1.82, 2.24) is 0 Å². The smallest absolute Gasteiger partial charge is 0.0962 e. The minimum atomic E-state index is -0.844. The standard InChI is InChI=1S/C16H19NOS/c1-12-8-9-14(17)10-15(12)19-11-16(2,18)13-6-4-3-5-7-13/h3-10,18H,11,17H2,1-2H3. The molecule has 0 fully saturated rings. The highest BCUT2D eigenvalue weighted by Crippen LogP contribution is 2.31. The van der Waals surface area contributed by atoms with Crippen molar-refractivity contribution in [2.45, 2.75) is 24.3 Å². The molecule has 2 aromatic carbocycles. The molecule has 0 heterocycles. The van der Waals surface area contributed by atoms with Gasteiger partial charge in [0.2, 0.25) is 0 Å². The Morgan fingerprint density at radius 2 is 1.84 bits per heavy atom. The summed E-state index contributed by atoms with van der Waals surface area (Å²) in [6.07, 6.45) is 0. The fourth-order valence-corrected chi connectivity index (χ4v) is 2.99. The predicted molar refractivity (Wildman–Crippen MR) is 82.3 cm³/mol. The lowest BCUT2D eigenvalue weighted by Crippen LogP contribution is -2.24. The molecule has 0 aromatic heterocycles. The van der Waals surface area contributed by atoms with Crippen molar-refractivity contribution in [2.24, 2.45) is 0 Å². The van der Waals surface area contributed by atoms with Crippen molar-refractivity contribution in [1.29, 1.82) is 0 Å². The highest BCUT2D eigenvalue weighted by Gasteiger charge is 2.23. The van der Waals surface area contributed by atoms with Gasteiger partial charge >= 0.3 is 0 Å². The molecule has 0 radical (unpaired) electrons. The third-order valence-corrected chi connectivity index (χ3v) is 4.57. The Labute approximate surface area is 118 Å². The quantitative estimate of drug-likeness (QED) is 0.661. The van der Waals surface area contributed by atoms with Gasteiger partial charge in [0.1, 0.15) is 0 Å². The maximum Gasteiger partial charge on any atom is 0.0962 e. The molecule has 0 saturated carbocycles. The molecule has 1 unspecified atom stereocenters. The topological polar surface area (TPSA) is 46.2 Å². The maximum atomic E-state index is 10.6. The van der Waals surface area contributed by atoms with Crippen molar-refractivity contribution in [3.63, 3.8) is 0 Å². The van der Waals surface area contributed by atoms with Crippen molar-refractivity contribution in [2.75, 3.05) is 11.5 Å². The van der Waals surface area contributed by atoms with Crippen LogP contribution >= 0.6 is 11.8 Å². The first-order chi connectivity index (χ1) is 8.99. The predicted octanol–water partition coefficient (Wildman–Crippen LogP) is 3.58. The van der Waals surface area contributed by atoms with Gasteiger partial charge in [-0.25, -0.2) is 0 Å². The van der Waals surface area contributed by atoms with Gasteiger partial charge in [-0.05, 0) is 37.1 Å². The van der Waals surface area contributed by atoms with Crippen LogP contribution in [0.5, 0.6) is 0 Å². The summed E-state index contributed by atoms with van der Waals surface area (Å²) in [5.74, 6) is 0.599. The fourth-order valence-electron chi connectivity index (χ4n) is 1.87. The number of rotatable bonds is 4. The van der Waals surface area contributed by atoms with Gasteiger partial charge in [0.05, 0.1) is 5.60 Å². The van der Waals surface area contributed by atoms with Crippen LogP contribution in [0.25, 0.3) is 0 Å². The third-order valence-electron chi connectivity index (χ3n) is 3.12. The van der Waals surface area contributed by atoms with E-state index in [9.17, 15) is 5.11 Å². The lowest BCUT2D eigenvalue weighted by molar-refractivity contribution is 0.0839. The van der Waals surface area contributed by atoms with Crippen LogP contribution in [0.4, 0.5) is 5.69 Å². The molecule has 2 aromatic rings. The summed E-state index contributed by atoms with van der Waals surface area (Å²) in [6.45, 7) is 3.90. The second-order valence-corrected chi connectivity index (χ2v) is 5.97. The average molecular weight is 273 g/mol. The second kappa shape index (κ2) is 5.68. The number of nitrogens with two attached hydrogens (primary N) is 1. The molecule has 100 valence electrons. The molecule has 3 heteroatoms. The molecule has 0 aliphatic heterocycles. The van der Waals surface area contributed by atoms with Crippen molar-refractivity contribution >= 4 is 17.4 Å². The molecule has 0 amide bonds. The van der Waals surface area contributed by atoms with Gasteiger partial charge in [-0.1, -0.05) is 36.4 Å². The molecule has 0 aliphatic rings. The Kier molecular flexibility index (Phi) is 4.17. The summed E-state index contributed by atoms with van der Waals surface area (Å²) in [5.41, 5.74) is 7.83. The van der Waals surface area contributed by atoms with E-state index in [1.54, 1.807) is 11.8 Å². The van der Waals surface area contributed by atoms with Crippen LogP contribution < -0.4 is 5.73 Å². The summed E-state index contributed by atoms with van der Waals surface area (Å²) in [5, 5.41) is 10.6. The molecule has 0 bridgehead atoms. The Bertz CT molecular complexity index is 552. The number of aliphatic hydroxyl groups is 1. The maximum absolute atomic E-state index is 10.6. The molecule has 1 atom stereocenters. The van der Waals surface area contributed by atoms with Crippen molar-refractivity contribution < 1.29 is 5.11 Å². The highest BCUT2D eigenvalue weighted by molar-refractivity contribution is 7.99. The lowest BCUT2D eigenvalue weighted by Gasteiger charge is -2.23. The van der Waals surface area contributed by atoms with Crippen LogP contribution in [0.2, 0.25) is 0 Å². The zero-order valence-electron chi connectivity index (χ0n) is 11.3. The van der Waals surface area contributed by atoms with Crippen LogP contribution in [0.3, 0.4) is 0 Å². The summed E-state index contributed by atoms with van der Waals surface area (Å²) in [6, 6.07) is 15.6.